The third kappa shape index (κ3) is 2.41. The van der Waals surface area contributed by atoms with Gasteiger partial charge in [-0.15, -0.1) is 0 Å². The molecule has 4 atom stereocenters. The first kappa shape index (κ1) is 18.4. The van der Waals surface area contributed by atoms with Crippen LogP contribution < -0.4 is 4.90 Å². The zero-order valence-electron chi connectivity index (χ0n) is 16.5. The molecule has 3 aliphatic heterocycles. The Kier molecular flexibility index (Phi) is 3.96. The predicted octanol–water partition coefficient (Wildman–Crippen LogP) is 2.36. The van der Waals surface area contributed by atoms with E-state index in [1.54, 1.807) is 35.5 Å². The van der Waals surface area contributed by atoms with Gasteiger partial charge in [-0.1, -0.05) is 24.3 Å². The Morgan fingerprint density at radius 3 is 2.23 bits per heavy atom. The summed E-state index contributed by atoms with van der Waals surface area (Å²) in [4.78, 5) is 52.1. The van der Waals surface area contributed by atoms with E-state index in [4.69, 9.17) is 0 Å². The number of anilines is 1. The molecular weight excluding hydrogens is 382 g/mol. The van der Waals surface area contributed by atoms with Crippen LogP contribution in [0.15, 0.2) is 53.6 Å². The third-order valence-corrected chi connectivity index (χ3v) is 6.24. The second-order valence-corrected chi connectivity index (χ2v) is 7.92. The molecule has 0 N–H and O–H groups in total. The van der Waals surface area contributed by atoms with E-state index in [9.17, 15) is 19.2 Å². The molecule has 2 saturated heterocycles. The average molecular weight is 401 g/mol. The highest BCUT2D eigenvalue weighted by Crippen LogP contribution is 2.52. The molecular formula is C23H19N3O4. The van der Waals surface area contributed by atoms with Gasteiger partial charge in [0.2, 0.25) is 11.8 Å². The quantitative estimate of drug-likeness (QED) is 0.582. The number of carbonyl (C=O) groups excluding carboxylic acids is 4. The Labute approximate surface area is 173 Å². The van der Waals surface area contributed by atoms with E-state index in [-0.39, 0.29) is 17.5 Å². The van der Waals surface area contributed by atoms with Crippen LogP contribution in [0.5, 0.6) is 0 Å². The molecule has 0 aromatic heterocycles. The van der Waals surface area contributed by atoms with Gasteiger partial charge in [0, 0.05) is 5.56 Å². The maximum absolute atomic E-state index is 13.5. The van der Waals surface area contributed by atoms with Crippen molar-refractivity contribution >= 4 is 35.3 Å². The number of carbonyl (C=O) groups is 4. The van der Waals surface area contributed by atoms with Crippen LogP contribution in [0, 0.1) is 11.8 Å². The van der Waals surface area contributed by atoms with Gasteiger partial charge in [0.25, 0.3) is 0 Å². The minimum Gasteiger partial charge on any atom is -0.298 e. The summed E-state index contributed by atoms with van der Waals surface area (Å²) < 4.78 is 0. The van der Waals surface area contributed by atoms with Crippen molar-refractivity contribution in [3.05, 3.63) is 65.2 Å². The van der Waals surface area contributed by atoms with Crippen molar-refractivity contribution in [2.24, 2.45) is 16.9 Å². The number of fused-ring (bicyclic) bond motifs is 5. The molecule has 5 rings (SSSR count). The van der Waals surface area contributed by atoms with Crippen molar-refractivity contribution in [1.82, 2.24) is 5.01 Å². The zero-order chi connectivity index (χ0) is 21.2. The molecule has 0 aliphatic carbocycles. The van der Waals surface area contributed by atoms with Crippen LogP contribution in [-0.4, -0.2) is 40.6 Å². The van der Waals surface area contributed by atoms with Gasteiger partial charge in [0.05, 0.1) is 29.8 Å². The second kappa shape index (κ2) is 6.45. The molecule has 0 bridgehead atoms. The number of hydrogen-bond acceptors (Lipinski definition) is 6. The lowest BCUT2D eigenvalue weighted by Crippen LogP contribution is -2.43. The summed E-state index contributed by atoms with van der Waals surface area (Å²) in [7, 11) is 0. The molecule has 3 heterocycles. The van der Waals surface area contributed by atoms with Crippen molar-refractivity contribution in [3.63, 3.8) is 0 Å². The van der Waals surface area contributed by atoms with E-state index < -0.39 is 29.8 Å². The SMILES string of the molecule is CC(=O)c1ccc(N2C(=O)[C@@H]3[C@@H](C2=O)[C@@H]2c4ccccc4C=NN2[C@@H]3C(C)=O)cc1. The van der Waals surface area contributed by atoms with Gasteiger partial charge in [-0.3, -0.25) is 24.2 Å². The van der Waals surface area contributed by atoms with Gasteiger partial charge in [-0.2, -0.15) is 5.10 Å². The zero-order valence-corrected chi connectivity index (χ0v) is 16.5. The maximum Gasteiger partial charge on any atom is 0.240 e. The van der Waals surface area contributed by atoms with Crippen LogP contribution in [-0.2, 0) is 14.4 Å². The van der Waals surface area contributed by atoms with Crippen LogP contribution in [0.25, 0.3) is 0 Å². The minimum atomic E-state index is -0.796. The van der Waals surface area contributed by atoms with Crippen LogP contribution in [0.4, 0.5) is 5.69 Å². The predicted molar refractivity (Wildman–Crippen MR) is 109 cm³/mol. The number of Topliss-reactive ketones (excluding diaryl/α,β-unsaturated/α-hetero) is 2. The number of benzene rings is 2. The summed E-state index contributed by atoms with van der Waals surface area (Å²) in [6.45, 7) is 2.89. The topological polar surface area (TPSA) is 87.1 Å². The van der Waals surface area contributed by atoms with E-state index in [1.807, 2.05) is 24.3 Å². The summed E-state index contributed by atoms with van der Waals surface area (Å²) in [6.07, 6.45) is 1.68. The molecule has 0 unspecified atom stereocenters. The van der Waals surface area contributed by atoms with E-state index >= 15 is 0 Å². The second-order valence-electron chi connectivity index (χ2n) is 7.92. The Balaban J connectivity index is 1.60. The normalized spacial score (nSPS) is 26.5. The first-order valence-electron chi connectivity index (χ1n) is 9.80. The smallest absolute Gasteiger partial charge is 0.240 e. The van der Waals surface area contributed by atoms with Crippen molar-refractivity contribution in [1.29, 1.82) is 0 Å². The van der Waals surface area contributed by atoms with Gasteiger partial charge < -0.3 is 0 Å². The van der Waals surface area contributed by atoms with Gasteiger partial charge >= 0.3 is 0 Å². The monoisotopic (exact) mass is 401 g/mol. The molecule has 2 aromatic rings. The molecule has 2 amide bonds. The highest BCUT2D eigenvalue weighted by Gasteiger charge is 2.64. The van der Waals surface area contributed by atoms with Crippen LogP contribution in [0.3, 0.4) is 0 Å². The fraction of sp³-hybridized carbons (Fsp3) is 0.261. The van der Waals surface area contributed by atoms with E-state index in [0.29, 0.717) is 11.3 Å². The Bertz CT molecular complexity index is 1140. The number of rotatable bonds is 3. The summed E-state index contributed by atoms with van der Waals surface area (Å²) in [5.41, 5.74) is 2.68. The number of hydrazone groups is 1. The fourth-order valence-electron chi connectivity index (χ4n) is 4.92. The van der Waals surface area contributed by atoms with Crippen molar-refractivity contribution in [2.75, 3.05) is 4.90 Å². The van der Waals surface area contributed by atoms with Crippen molar-refractivity contribution in [2.45, 2.75) is 25.9 Å². The van der Waals surface area contributed by atoms with Crippen LogP contribution >= 0.6 is 0 Å². The first-order valence-corrected chi connectivity index (χ1v) is 9.80. The first-order chi connectivity index (χ1) is 14.4. The standard InChI is InChI=1S/C23H19N3O4/c1-12(27)14-7-9-16(10-8-14)25-22(29)18-19(23(25)30)21-17-6-4-3-5-15(17)11-24-26(21)20(18)13(2)28/h3-11,18-21H,1-2H3/t18-,19-,20-,21+/m1/s1. The molecule has 150 valence electrons. The van der Waals surface area contributed by atoms with E-state index in [2.05, 4.69) is 5.10 Å². The largest absolute Gasteiger partial charge is 0.298 e. The van der Waals surface area contributed by atoms with Crippen LogP contribution in [0.2, 0.25) is 0 Å². The minimum absolute atomic E-state index is 0.0959. The highest BCUT2D eigenvalue weighted by atomic mass is 16.2. The number of imide groups is 1. The van der Waals surface area contributed by atoms with Gasteiger partial charge in [0.15, 0.2) is 11.6 Å². The summed E-state index contributed by atoms with van der Waals surface area (Å²) in [6, 6.07) is 12.7. The summed E-state index contributed by atoms with van der Waals surface area (Å²) >= 11 is 0. The lowest BCUT2D eigenvalue weighted by Gasteiger charge is -2.33. The Morgan fingerprint density at radius 2 is 1.57 bits per heavy atom. The fourth-order valence-corrected chi connectivity index (χ4v) is 4.92. The van der Waals surface area contributed by atoms with E-state index in [1.165, 1.54) is 13.8 Å². The molecule has 30 heavy (non-hydrogen) atoms. The molecule has 0 spiro atoms. The van der Waals surface area contributed by atoms with Gasteiger partial charge in [0.1, 0.15) is 6.04 Å². The number of ketones is 2. The van der Waals surface area contributed by atoms with Crippen LogP contribution in [0.1, 0.15) is 41.4 Å². The molecule has 3 aliphatic rings. The Morgan fingerprint density at radius 1 is 0.900 bits per heavy atom. The van der Waals surface area contributed by atoms with Crippen molar-refractivity contribution < 1.29 is 19.2 Å². The molecule has 0 saturated carbocycles. The van der Waals surface area contributed by atoms with Gasteiger partial charge in [-0.25, -0.2) is 4.90 Å². The van der Waals surface area contributed by atoms with E-state index in [0.717, 1.165) is 16.0 Å². The molecule has 2 fully saturated rings. The van der Waals surface area contributed by atoms with Crippen molar-refractivity contribution in [3.8, 4) is 0 Å². The molecule has 0 radical (unpaired) electrons. The van der Waals surface area contributed by atoms with Gasteiger partial charge in [-0.05, 0) is 49.2 Å². The summed E-state index contributed by atoms with van der Waals surface area (Å²) in [5.74, 6) is -2.53. The highest BCUT2D eigenvalue weighted by molar-refractivity contribution is 6.24. The number of nitrogens with zero attached hydrogens (tertiary/aromatic N) is 3. The molecule has 2 aromatic carbocycles. The third-order valence-electron chi connectivity index (χ3n) is 6.24. The lowest BCUT2D eigenvalue weighted by molar-refractivity contribution is -0.129. The Hall–Kier alpha value is -3.61. The molecule has 7 nitrogen and oxygen atoms in total. The lowest BCUT2D eigenvalue weighted by atomic mass is 9.84. The summed E-state index contributed by atoms with van der Waals surface area (Å²) in [5, 5.41) is 6.07. The number of amides is 2. The maximum atomic E-state index is 13.5. The molecule has 7 heteroatoms. The number of hydrogen-bond donors (Lipinski definition) is 0. The average Bonchev–Trinajstić information content (AvgIpc) is 3.21.